The molecule has 0 aliphatic heterocycles. The summed E-state index contributed by atoms with van der Waals surface area (Å²) in [6.07, 6.45) is 1.54. The van der Waals surface area contributed by atoms with Gasteiger partial charge in [0, 0.05) is 18.2 Å². The van der Waals surface area contributed by atoms with Gasteiger partial charge in [0.1, 0.15) is 17.6 Å². The van der Waals surface area contributed by atoms with Crippen LogP contribution in [0.5, 0.6) is 0 Å². The number of sulfonamides is 1. The van der Waals surface area contributed by atoms with Crippen molar-refractivity contribution in [2.24, 2.45) is 0 Å². The highest BCUT2D eigenvalue weighted by Crippen LogP contribution is 2.22. The third-order valence-electron chi connectivity index (χ3n) is 5.10. The first-order valence-electron chi connectivity index (χ1n) is 10.1. The van der Waals surface area contributed by atoms with Crippen molar-refractivity contribution in [1.29, 1.82) is 0 Å². The second-order valence-corrected chi connectivity index (χ2v) is 9.23. The lowest BCUT2D eigenvalue weighted by atomic mass is 10.1. The Hall–Kier alpha value is -2.90. The van der Waals surface area contributed by atoms with E-state index in [0.29, 0.717) is 12.2 Å². The van der Waals surface area contributed by atoms with Gasteiger partial charge in [-0.1, -0.05) is 48.5 Å². The molecule has 0 amide bonds. The van der Waals surface area contributed by atoms with E-state index in [-0.39, 0.29) is 10.9 Å². The van der Waals surface area contributed by atoms with Gasteiger partial charge >= 0.3 is 0 Å². The van der Waals surface area contributed by atoms with Gasteiger partial charge in [-0.15, -0.1) is 0 Å². The zero-order valence-corrected chi connectivity index (χ0v) is 18.5. The Labute approximate surface area is 179 Å². The summed E-state index contributed by atoms with van der Waals surface area (Å²) >= 11 is 0. The zero-order valence-electron chi connectivity index (χ0n) is 17.7. The van der Waals surface area contributed by atoms with Gasteiger partial charge in [-0.05, 0) is 25.1 Å². The molecule has 0 radical (unpaired) electrons. The van der Waals surface area contributed by atoms with Gasteiger partial charge in [0.25, 0.3) is 15.8 Å². The Morgan fingerprint density at radius 1 is 0.967 bits per heavy atom. The van der Waals surface area contributed by atoms with Crippen LogP contribution in [-0.4, -0.2) is 35.6 Å². The minimum atomic E-state index is -3.64. The molecule has 6 nitrogen and oxygen atoms in total. The molecule has 0 spiro atoms. The van der Waals surface area contributed by atoms with Gasteiger partial charge in [0.05, 0.1) is 19.8 Å². The minimum absolute atomic E-state index is 0.233. The second-order valence-electron chi connectivity index (χ2n) is 7.36. The van der Waals surface area contributed by atoms with Gasteiger partial charge in [-0.3, -0.25) is 9.62 Å². The first kappa shape index (κ1) is 21.8. The first-order chi connectivity index (χ1) is 14.4. The molecule has 0 bridgehead atoms. The Morgan fingerprint density at radius 3 is 2.13 bits per heavy atom. The Bertz CT molecular complexity index is 1020. The highest BCUT2D eigenvalue weighted by Gasteiger charge is 2.25. The molecular weight excluding hydrogens is 396 g/mol. The number of nitrogens with one attached hydrogen (secondary N) is 3. The van der Waals surface area contributed by atoms with Crippen molar-refractivity contribution in [2.75, 3.05) is 36.8 Å². The first-order valence-corrected chi connectivity index (χ1v) is 11.6. The number of aromatic amines is 1. The maximum absolute atomic E-state index is 13.1. The topological polar surface area (TPSA) is 68.0 Å². The van der Waals surface area contributed by atoms with E-state index in [9.17, 15) is 8.42 Å². The van der Waals surface area contributed by atoms with Crippen LogP contribution in [0.3, 0.4) is 0 Å². The van der Waals surface area contributed by atoms with E-state index in [4.69, 9.17) is 0 Å². The van der Waals surface area contributed by atoms with Gasteiger partial charge < -0.3 is 4.90 Å². The normalized spacial score (nSPS) is 12.5. The highest BCUT2D eigenvalue weighted by molar-refractivity contribution is 7.92. The van der Waals surface area contributed by atoms with Crippen molar-refractivity contribution in [2.45, 2.75) is 17.9 Å². The second kappa shape index (κ2) is 9.73. The molecule has 30 heavy (non-hydrogen) atoms. The monoisotopic (exact) mass is 426 g/mol. The average Bonchev–Trinajstić information content (AvgIpc) is 2.76. The summed E-state index contributed by atoms with van der Waals surface area (Å²) in [7, 11) is 0.615. The van der Waals surface area contributed by atoms with Crippen LogP contribution in [0.15, 0.2) is 83.9 Å². The van der Waals surface area contributed by atoms with Crippen LogP contribution in [0.4, 0.5) is 11.5 Å². The molecule has 0 saturated carbocycles. The maximum atomic E-state index is 13.1. The molecular formula is C23H30N4O2S+2. The van der Waals surface area contributed by atoms with Crippen molar-refractivity contribution in [3.63, 3.8) is 0 Å². The third kappa shape index (κ3) is 4.98. The lowest BCUT2D eigenvalue weighted by molar-refractivity contribution is -0.890. The number of para-hydroxylation sites is 1. The summed E-state index contributed by atoms with van der Waals surface area (Å²) in [5, 5.41) is 3.39. The van der Waals surface area contributed by atoms with E-state index in [1.165, 1.54) is 14.8 Å². The van der Waals surface area contributed by atoms with Gasteiger partial charge in [-0.2, -0.15) is 0 Å². The standard InChI is InChI=1S/C23H28N4O2S/c1-4-27(20-13-9-6-10-14-20)30(28,29)21-15-16-23(24-17-21)25-18-22(26(2)3)19-11-7-5-8-12-19/h5-17,22H,4,18H2,1-3H3,(H,24,25)/p+2/t22-/m0/s1. The number of aromatic nitrogens is 1. The van der Waals surface area contributed by atoms with E-state index in [1.807, 2.05) is 43.3 Å². The number of nitrogens with zero attached hydrogens (tertiary/aromatic N) is 1. The van der Waals surface area contributed by atoms with Gasteiger partial charge in [-0.25, -0.2) is 13.4 Å². The van der Waals surface area contributed by atoms with Crippen LogP contribution in [0.2, 0.25) is 0 Å². The Kier molecular flexibility index (Phi) is 7.07. The molecule has 2 aromatic carbocycles. The van der Waals surface area contributed by atoms with E-state index in [0.717, 1.165) is 12.4 Å². The van der Waals surface area contributed by atoms with Crippen molar-refractivity contribution >= 4 is 21.5 Å². The summed E-state index contributed by atoms with van der Waals surface area (Å²) in [4.78, 5) is 4.64. The molecule has 1 aromatic heterocycles. The molecule has 3 rings (SSSR count). The quantitative estimate of drug-likeness (QED) is 0.550. The lowest BCUT2D eigenvalue weighted by Gasteiger charge is -2.22. The van der Waals surface area contributed by atoms with Crippen LogP contribution in [0, 0.1) is 0 Å². The van der Waals surface area contributed by atoms with E-state index >= 15 is 0 Å². The van der Waals surface area contributed by atoms with E-state index < -0.39 is 10.0 Å². The van der Waals surface area contributed by atoms with Crippen LogP contribution in [0.25, 0.3) is 0 Å². The van der Waals surface area contributed by atoms with Crippen LogP contribution in [-0.2, 0) is 10.0 Å². The molecule has 0 aliphatic rings. The van der Waals surface area contributed by atoms with Crippen LogP contribution >= 0.6 is 0 Å². The lowest BCUT2D eigenvalue weighted by Crippen LogP contribution is -3.06. The van der Waals surface area contributed by atoms with Crippen molar-refractivity contribution in [1.82, 2.24) is 0 Å². The van der Waals surface area contributed by atoms with Crippen molar-refractivity contribution in [3.05, 3.63) is 84.6 Å². The van der Waals surface area contributed by atoms with Gasteiger partial charge in [0.15, 0.2) is 6.04 Å². The number of benzene rings is 2. The van der Waals surface area contributed by atoms with Crippen molar-refractivity contribution < 1.29 is 18.3 Å². The Balaban J connectivity index is 1.74. The number of hydrogen-bond donors (Lipinski definition) is 2. The number of H-pyrrole nitrogens is 1. The molecule has 0 aliphatic carbocycles. The summed E-state index contributed by atoms with van der Waals surface area (Å²) in [5.74, 6) is 0.777. The van der Waals surface area contributed by atoms with E-state index in [2.05, 4.69) is 36.5 Å². The largest absolute Gasteiger partial charge is 0.330 e. The number of quaternary nitrogens is 1. The number of likely N-dealkylation sites (N-methyl/N-ethyl adjacent to an activating group) is 1. The zero-order chi connectivity index (χ0) is 21.6. The molecule has 0 saturated heterocycles. The smallest absolute Gasteiger partial charge is 0.272 e. The minimum Gasteiger partial charge on any atom is -0.330 e. The molecule has 0 unspecified atom stereocenters. The SMILES string of the molecule is CCN(c1ccccc1)S(=O)(=O)c1ccc(NC[C@@H](c2ccccc2)[NH+](C)C)[nH+]c1. The summed E-state index contributed by atoms with van der Waals surface area (Å²) in [6.45, 7) is 2.91. The molecule has 3 aromatic rings. The summed E-state index contributed by atoms with van der Waals surface area (Å²) in [6, 6.07) is 23.2. The predicted octanol–water partition coefficient (Wildman–Crippen LogP) is 2.01. The predicted molar refractivity (Wildman–Crippen MR) is 120 cm³/mol. The number of pyridine rings is 1. The Morgan fingerprint density at radius 2 is 1.60 bits per heavy atom. The number of anilines is 2. The average molecular weight is 427 g/mol. The fourth-order valence-electron chi connectivity index (χ4n) is 3.45. The van der Waals surface area contributed by atoms with Gasteiger partial charge in [0.2, 0.25) is 0 Å². The molecule has 158 valence electrons. The summed E-state index contributed by atoms with van der Waals surface area (Å²) in [5.41, 5.74) is 1.91. The number of rotatable bonds is 9. The fraction of sp³-hybridized carbons (Fsp3) is 0.261. The van der Waals surface area contributed by atoms with Crippen LogP contribution in [0.1, 0.15) is 18.5 Å². The molecule has 3 N–H and O–H groups in total. The maximum Gasteiger partial charge on any atom is 0.272 e. The van der Waals surface area contributed by atoms with Crippen LogP contribution < -0.4 is 19.5 Å². The molecule has 1 heterocycles. The molecule has 7 heteroatoms. The molecule has 0 fully saturated rings. The van der Waals surface area contributed by atoms with Crippen molar-refractivity contribution in [3.8, 4) is 0 Å². The number of hydrogen-bond acceptors (Lipinski definition) is 3. The summed E-state index contributed by atoms with van der Waals surface area (Å²) < 4.78 is 27.6. The third-order valence-corrected chi connectivity index (χ3v) is 7.00. The molecule has 1 atom stereocenters. The highest BCUT2D eigenvalue weighted by atomic mass is 32.2. The fourth-order valence-corrected chi connectivity index (χ4v) is 4.89. The van der Waals surface area contributed by atoms with E-state index in [1.54, 1.807) is 30.5 Å².